The molecule has 1 aromatic heterocycles. The summed E-state index contributed by atoms with van der Waals surface area (Å²) in [4.78, 5) is 23.4. The molecule has 31 heavy (non-hydrogen) atoms. The van der Waals surface area contributed by atoms with Crippen LogP contribution in [0.15, 0.2) is 42.6 Å². The molecule has 3 N–H and O–H groups in total. The lowest BCUT2D eigenvalue weighted by Gasteiger charge is -2.19. The molecule has 2 aromatic carbocycles. The van der Waals surface area contributed by atoms with Gasteiger partial charge in [-0.1, -0.05) is 0 Å². The molecule has 3 rings (SSSR count). The van der Waals surface area contributed by atoms with Crippen LogP contribution in [0.2, 0.25) is 0 Å². The second-order valence-electron chi connectivity index (χ2n) is 7.89. The molecule has 0 aliphatic rings. The topological polar surface area (TPSA) is 118 Å². The van der Waals surface area contributed by atoms with E-state index in [9.17, 15) is 9.59 Å². The first-order chi connectivity index (χ1) is 14.6. The van der Waals surface area contributed by atoms with E-state index in [0.717, 1.165) is 10.9 Å². The molecule has 0 saturated heterocycles. The first-order valence-corrected chi connectivity index (χ1v) is 9.75. The van der Waals surface area contributed by atoms with E-state index < -0.39 is 17.6 Å². The SMILES string of the molecule is Cn1ncc2cc(C(N)=O)c(Oc3ccc(OCCNC(=O)OC(C)(C)C)cc3)cc21. The molecule has 3 aromatic rings. The van der Waals surface area contributed by atoms with E-state index in [4.69, 9.17) is 19.9 Å². The van der Waals surface area contributed by atoms with Crippen molar-refractivity contribution in [2.45, 2.75) is 26.4 Å². The summed E-state index contributed by atoms with van der Waals surface area (Å²) in [6.07, 6.45) is 1.17. The van der Waals surface area contributed by atoms with Gasteiger partial charge < -0.3 is 25.3 Å². The average molecular weight is 426 g/mol. The number of alkyl carbamates (subject to hydrolysis) is 1. The fraction of sp³-hybridized carbons (Fsp3) is 0.318. The number of aryl methyl sites for hydroxylation is 1. The van der Waals surface area contributed by atoms with Crippen molar-refractivity contribution < 1.29 is 23.8 Å². The molecule has 0 atom stereocenters. The molecule has 0 spiro atoms. The van der Waals surface area contributed by atoms with E-state index in [1.54, 1.807) is 75.1 Å². The van der Waals surface area contributed by atoms with Crippen LogP contribution in [0.25, 0.3) is 10.9 Å². The van der Waals surface area contributed by atoms with Crippen molar-refractivity contribution in [2.75, 3.05) is 13.2 Å². The van der Waals surface area contributed by atoms with E-state index >= 15 is 0 Å². The van der Waals surface area contributed by atoms with Crippen LogP contribution in [0, 0.1) is 0 Å². The Kier molecular flexibility index (Phi) is 6.33. The number of hydrogen-bond acceptors (Lipinski definition) is 6. The molecule has 0 unspecified atom stereocenters. The van der Waals surface area contributed by atoms with Crippen LogP contribution in [-0.4, -0.2) is 40.5 Å². The summed E-state index contributed by atoms with van der Waals surface area (Å²) in [6, 6.07) is 10.3. The van der Waals surface area contributed by atoms with Gasteiger partial charge in [-0.25, -0.2) is 4.79 Å². The minimum atomic E-state index is -0.585. The number of nitrogens with zero attached hydrogens (tertiary/aromatic N) is 2. The Bertz CT molecular complexity index is 1080. The summed E-state index contributed by atoms with van der Waals surface area (Å²) in [6.45, 7) is 5.98. The van der Waals surface area contributed by atoms with Crippen LogP contribution in [0.5, 0.6) is 17.2 Å². The van der Waals surface area contributed by atoms with Crippen LogP contribution in [0.1, 0.15) is 31.1 Å². The van der Waals surface area contributed by atoms with Crippen LogP contribution in [-0.2, 0) is 11.8 Å². The molecule has 1 heterocycles. The number of carbonyl (C=O) groups is 2. The third-order valence-electron chi connectivity index (χ3n) is 4.20. The van der Waals surface area contributed by atoms with Crippen LogP contribution in [0.4, 0.5) is 4.79 Å². The maximum absolute atomic E-state index is 11.8. The number of primary amides is 1. The van der Waals surface area contributed by atoms with Gasteiger partial charge in [0.2, 0.25) is 0 Å². The molecular weight excluding hydrogens is 400 g/mol. The van der Waals surface area contributed by atoms with Gasteiger partial charge in [0.25, 0.3) is 5.91 Å². The minimum absolute atomic E-state index is 0.272. The van der Waals surface area contributed by atoms with Crippen molar-refractivity contribution >= 4 is 22.9 Å². The van der Waals surface area contributed by atoms with Gasteiger partial charge in [0, 0.05) is 18.5 Å². The maximum Gasteiger partial charge on any atom is 0.407 e. The van der Waals surface area contributed by atoms with Crippen LogP contribution < -0.4 is 20.5 Å². The van der Waals surface area contributed by atoms with E-state index in [0.29, 0.717) is 23.8 Å². The number of nitrogens with two attached hydrogens (primary N) is 1. The highest BCUT2D eigenvalue weighted by atomic mass is 16.6. The highest BCUT2D eigenvalue weighted by Gasteiger charge is 2.16. The molecule has 2 amide bonds. The fourth-order valence-corrected chi connectivity index (χ4v) is 2.82. The zero-order chi connectivity index (χ0) is 22.6. The summed E-state index contributed by atoms with van der Waals surface area (Å²) in [5.74, 6) is 0.885. The zero-order valence-corrected chi connectivity index (χ0v) is 18.0. The van der Waals surface area contributed by atoms with Crippen molar-refractivity contribution in [3.8, 4) is 17.2 Å². The van der Waals surface area contributed by atoms with Gasteiger partial charge in [-0.05, 0) is 51.1 Å². The molecule has 0 radical (unpaired) electrons. The number of carbonyl (C=O) groups excluding carboxylic acids is 2. The summed E-state index contributed by atoms with van der Waals surface area (Å²) in [7, 11) is 1.81. The standard InChI is InChI=1S/C22H26N4O5/c1-22(2,3)31-21(28)24-9-10-29-15-5-7-16(8-6-15)30-19-12-18-14(13-25-26(18)4)11-17(19)20(23)27/h5-8,11-13H,9-10H2,1-4H3,(H2,23,27)(H,24,28). The van der Waals surface area contributed by atoms with Gasteiger partial charge >= 0.3 is 6.09 Å². The van der Waals surface area contributed by atoms with Crippen LogP contribution >= 0.6 is 0 Å². The fourth-order valence-electron chi connectivity index (χ4n) is 2.82. The van der Waals surface area contributed by atoms with E-state index in [1.807, 2.05) is 0 Å². The van der Waals surface area contributed by atoms with Crippen molar-refractivity contribution in [2.24, 2.45) is 12.8 Å². The predicted molar refractivity (Wildman–Crippen MR) is 115 cm³/mol. The van der Waals surface area contributed by atoms with Crippen molar-refractivity contribution in [3.63, 3.8) is 0 Å². The molecule has 0 saturated carbocycles. The lowest BCUT2D eigenvalue weighted by atomic mass is 10.1. The zero-order valence-electron chi connectivity index (χ0n) is 18.0. The summed E-state index contributed by atoms with van der Waals surface area (Å²) >= 11 is 0. The van der Waals surface area contributed by atoms with E-state index in [-0.39, 0.29) is 12.2 Å². The smallest absolute Gasteiger partial charge is 0.407 e. The summed E-state index contributed by atoms with van der Waals surface area (Å²) in [5.41, 5.74) is 6.05. The Morgan fingerprint density at radius 1 is 1.13 bits per heavy atom. The van der Waals surface area contributed by atoms with E-state index in [2.05, 4.69) is 10.4 Å². The van der Waals surface area contributed by atoms with Crippen molar-refractivity contribution in [1.29, 1.82) is 0 Å². The molecule has 9 heteroatoms. The molecule has 0 fully saturated rings. The average Bonchev–Trinajstić information content (AvgIpc) is 3.04. The minimum Gasteiger partial charge on any atom is -0.492 e. The molecule has 0 aliphatic heterocycles. The third-order valence-corrected chi connectivity index (χ3v) is 4.20. The summed E-state index contributed by atoms with van der Waals surface area (Å²) in [5, 5.41) is 7.60. The lowest BCUT2D eigenvalue weighted by molar-refractivity contribution is 0.0520. The quantitative estimate of drug-likeness (QED) is 0.559. The normalized spacial score (nSPS) is 11.2. The van der Waals surface area contributed by atoms with Crippen LogP contribution in [0.3, 0.4) is 0 Å². The second kappa shape index (κ2) is 8.95. The van der Waals surface area contributed by atoms with Gasteiger partial charge in [0.15, 0.2) is 0 Å². The third kappa shape index (κ3) is 5.88. The molecule has 0 aliphatic carbocycles. The largest absolute Gasteiger partial charge is 0.492 e. The number of nitrogens with one attached hydrogen (secondary N) is 1. The number of rotatable bonds is 7. The summed E-state index contributed by atoms with van der Waals surface area (Å²) < 4.78 is 18.3. The molecule has 9 nitrogen and oxygen atoms in total. The Balaban J connectivity index is 1.60. The first-order valence-electron chi connectivity index (χ1n) is 9.75. The number of amides is 2. The Morgan fingerprint density at radius 2 is 1.81 bits per heavy atom. The molecular formula is C22H26N4O5. The predicted octanol–water partition coefficient (Wildman–Crippen LogP) is 3.37. The number of hydrogen-bond donors (Lipinski definition) is 2. The van der Waals surface area contributed by atoms with Gasteiger partial charge in [-0.2, -0.15) is 5.10 Å². The van der Waals surface area contributed by atoms with Crippen molar-refractivity contribution in [1.82, 2.24) is 15.1 Å². The van der Waals surface area contributed by atoms with Gasteiger partial charge in [0.1, 0.15) is 29.5 Å². The number of aromatic nitrogens is 2. The highest BCUT2D eigenvalue weighted by molar-refractivity contribution is 6.00. The van der Waals surface area contributed by atoms with Gasteiger partial charge in [-0.3, -0.25) is 9.48 Å². The molecule has 0 bridgehead atoms. The van der Waals surface area contributed by atoms with Gasteiger partial charge in [0.05, 0.1) is 23.8 Å². The second-order valence-corrected chi connectivity index (χ2v) is 7.89. The Morgan fingerprint density at radius 3 is 2.45 bits per heavy atom. The van der Waals surface area contributed by atoms with E-state index in [1.165, 1.54) is 0 Å². The first kappa shape index (κ1) is 21.9. The number of fused-ring (bicyclic) bond motifs is 1. The highest BCUT2D eigenvalue weighted by Crippen LogP contribution is 2.30. The Hall–Kier alpha value is -3.75. The Labute approximate surface area is 180 Å². The molecule has 164 valence electrons. The maximum atomic E-state index is 11.8. The number of ether oxygens (including phenoxy) is 3. The lowest BCUT2D eigenvalue weighted by Crippen LogP contribution is -2.34. The van der Waals surface area contributed by atoms with Crippen molar-refractivity contribution in [3.05, 3.63) is 48.2 Å². The van der Waals surface area contributed by atoms with Gasteiger partial charge in [-0.15, -0.1) is 0 Å². The number of benzene rings is 2. The monoisotopic (exact) mass is 426 g/mol.